The van der Waals surface area contributed by atoms with Gasteiger partial charge in [-0.25, -0.2) is 4.39 Å². The second kappa shape index (κ2) is 12.2. The fraction of sp³-hybridized carbons (Fsp3) is 0.360. The first-order valence-corrected chi connectivity index (χ1v) is 10.5. The number of hydrogen-bond acceptors (Lipinski definition) is 3. The minimum Gasteiger partial charge on any atom is -0.489 e. The molecule has 1 N–H and O–H groups in total. The highest BCUT2D eigenvalue weighted by Gasteiger charge is 2.38. The Morgan fingerprint density at radius 1 is 1.03 bits per heavy atom. The minimum absolute atomic E-state index is 0. The molecular formula is C25H28F4N2O3. The Hall–Kier alpha value is -3.36. The average molecular weight is 481 g/mol. The lowest BCUT2D eigenvalue weighted by Crippen LogP contribution is -2.38. The molecule has 0 saturated carbocycles. The van der Waals surface area contributed by atoms with Crippen LogP contribution in [0.15, 0.2) is 66.5 Å². The molecule has 2 aromatic rings. The Labute approximate surface area is 196 Å². The first-order chi connectivity index (χ1) is 15.8. The van der Waals surface area contributed by atoms with Gasteiger partial charge >= 0.3 is 12.1 Å². The van der Waals surface area contributed by atoms with E-state index in [1.54, 1.807) is 17.4 Å². The Bertz CT molecular complexity index is 968. The third-order valence-electron chi connectivity index (χ3n) is 5.47. The van der Waals surface area contributed by atoms with Gasteiger partial charge in [-0.1, -0.05) is 37.8 Å². The zero-order valence-corrected chi connectivity index (χ0v) is 17.8. The molecule has 2 aromatic carbocycles. The largest absolute Gasteiger partial charge is 0.489 e. The van der Waals surface area contributed by atoms with Crippen LogP contribution in [0.3, 0.4) is 0 Å². The SMILES string of the molecule is C.O=C(c1ccc(OC/C(=C/F)CNC(=O)C(F)(F)F)cc1)N1CCC(c2ccccc2)CC1. The summed E-state index contributed by atoms with van der Waals surface area (Å²) in [6, 6.07) is 16.5. The number of amides is 2. The number of halogens is 4. The summed E-state index contributed by atoms with van der Waals surface area (Å²) < 4.78 is 54.9. The molecule has 0 spiro atoms. The van der Waals surface area contributed by atoms with Gasteiger partial charge in [0.15, 0.2) is 0 Å². The summed E-state index contributed by atoms with van der Waals surface area (Å²) in [6.45, 7) is 0.329. The van der Waals surface area contributed by atoms with Crippen molar-refractivity contribution in [3.05, 3.63) is 77.6 Å². The Kier molecular flexibility index (Phi) is 9.65. The van der Waals surface area contributed by atoms with Crippen molar-refractivity contribution in [1.29, 1.82) is 0 Å². The van der Waals surface area contributed by atoms with Crippen molar-refractivity contribution < 1.29 is 31.9 Å². The normalized spacial score (nSPS) is 14.8. The van der Waals surface area contributed by atoms with Crippen LogP contribution in [-0.4, -0.2) is 49.1 Å². The number of carbonyl (C=O) groups excluding carboxylic acids is 2. The molecule has 1 aliphatic rings. The second-order valence-corrected chi connectivity index (χ2v) is 7.74. The van der Waals surface area contributed by atoms with Gasteiger partial charge in [0.25, 0.3) is 5.91 Å². The van der Waals surface area contributed by atoms with E-state index in [1.807, 2.05) is 23.1 Å². The van der Waals surface area contributed by atoms with E-state index in [0.717, 1.165) is 12.8 Å². The van der Waals surface area contributed by atoms with Crippen LogP contribution >= 0.6 is 0 Å². The molecule has 1 saturated heterocycles. The molecule has 5 nitrogen and oxygen atoms in total. The van der Waals surface area contributed by atoms with Crippen LogP contribution in [0.4, 0.5) is 17.6 Å². The van der Waals surface area contributed by atoms with Gasteiger partial charge in [0.1, 0.15) is 12.4 Å². The smallest absolute Gasteiger partial charge is 0.471 e. The van der Waals surface area contributed by atoms with Crippen molar-refractivity contribution in [1.82, 2.24) is 10.2 Å². The maximum absolute atomic E-state index is 12.9. The number of hydrogen-bond donors (Lipinski definition) is 1. The van der Waals surface area contributed by atoms with Gasteiger partial charge in [-0.05, 0) is 48.6 Å². The van der Waals surface area contributed by atoms with Crippen LogP contribution in [0.5, 0.6) is 5.75 Å². The van der Waals surface area contributed by atoms with E-state index in [1.165, 1.54) is 17.7 Å². The van der Waals surface area contributed by atoms with Crippen molar-refractivity contribution in [2.24, 2.45) is 0 Å². The first-order valence-electron chi connectivity index (χ1n) is 10.5. The lowest BCUT2D eigenvalue weighted by molar-refractivity contribution is -0.173. The molecule has 184 valence electrons. The minimum atomic E-state index is -5.04. The van der Waals surface area contributed by atoms with Gasteiger partial charge in [-0.2, -0.15) is 13.2 Å². The first kappa shape index (κ1) is 26.9. The molecule has 3 rings (SSSR count). The lowest BCUT2D eigenvalue weighted by atomic mass is 9.89. The van der Waals surface area contributed by atoms with Crippen molar-refractivity contribution in [2.75, 3.05) is 26.2 Å². The predicted molar refractivity (Wildman–Crippen MR) is 121 cm³/mol. The predicted octanol–water partition coefficient (Wildman–Crippen LogP) is 5.25. The van der Waals surface area contributed by atoms with Crippen LogP contribution in [0.2, 0.25) is 0 Å². The third kappa shape index (κ3) is 7.33. The number of alkyl halides is 3. The molecule has 1 aliphatic heterocycles. The molecule has 0 bridgehead atoms. The summed E-state index contributed by atoms with van der Waals surface area (Å²) in [5.74, 6) is -1.50. The van der Waals surface area contributed by atoms with Crippen molar-refractivity contribution in [3.8, 4) is 5.75 Å². The van der Waals surface area contributed by atoms with Crippen molar-refractivity contribution >= 4 is 11.8 Å². The number of nitrogens with one attached hydrogen (secondary N) is 1. The maximum Gasteiger partial charge on any atom is 0.471 e. The average Bonchev–Trinajstić information content (AvgIpc) is 2.84. The van der Waals surface area contributed by atoms with E-state index >= 15 is 0 Å². The van der Waals surface area contributed by atoms with Crippen molar-refractivity contribution in [2.45, 2.75) is 32.4 Å². The molecule has 9 heteroatoms. The van der Waals surface area contributed by atoms with Crippen LogP contribution in [0.1, 0.15) is 42.1 Å². The monoisotopic (exact) mass is 480 g/mol. The van der Waals surface area contributed by atoms with Gasteiger partial charge in [-0.15, -0.1) is 0 Å². The fourth-order valence-corrected chi connectivity index (χ4v) is 3.61. The molecule has 34 heavy (non-hydrogen) atoms. The number of ether oxygens (including phenoxy) is 1. The molecule has 0 unspecified atom stereocenters. The number of piperidine rings is 1. The summed E-state index contributed by atoms with van der Waals surface area (Å²) in [5, 5.41) is 1.58. The Morgan fingerprint density at radius 3 is 2.21 bits per heavy atom. The zero-order chi connectivity index (χ0) is 23.8. The second-order valence-electron chi connectivity index (χ2n) is 7.74. The van der Waals surface area contributed by atoms with Crippen LogP contribution < -0.4 is 10.1 Å². The lowest BCUT2D eigenvalue weighted by Gasteiger charge is -2.32. The number of rotatable bonds is 7. The van der Waals surface area contributed by atoms with Gasteiger partial charge in [0, 0.05) is 30.8 Å². The standard InChI is InChI=1S/C24H24F4N2O3.CH4/c25-14-17(15-29-23(32)24(26,27)28)16-33-21-8-6-20(7-9-21)22(31)30-12-10-19(11-13-30)18-4-2-1-3-5-18;/h1-9,14,19H,10-13,15-16H2,(H,29,32);1H4/b17-14+;. The topological polar surface area (TPSA) is 58.6 Å². The number of benzene rings is 2. The summed E-state index contributed by atoms with van der Waals surface area (Å²) in [7, 11) is 0. The summed E-state index contributed by atoms with van der Waals surface area (Å²) in [5.41, 5.74) is 1.60. The highest BCUT2D eigenvalue weighted by molar-refractivity contribution is 5.94. The highest BCUT2D eigenvalue weighted by Crippen LogP contribution is 2.28. The van der Waals surface area contributed by atoms with Crippen molar-refractivity contribution in [3.63, 3.8) is 0 Å². The summed E-state index contributed by atoms with van der Waals surface area (Å²) in [6.07, 6.45) is -3.17. The Balaban J connectivity index is 0.00000408. The van der Waals surface area contributed by atoms with Crippen LogP contribution in [0.25, 0.3) is 0 Å². The van der Waals surface area contributed by atoms with Gasteiger partial charge in [-0.3, -0.25) is 9.59 Å². The van der Waals surface area contributed by atoms with E-state index in [2.05, 4.69) is 12.1 Å². The number of likely N-dealkylation sites (tertiary alicyclic amines) is 1. The molecule has 0 radical (unpaired) electrons. The third-order valence-corrected chi connectivity index (χ3v) is 5.47. The summed E-state index contributed by atoms with van der Waals surface area (Å²) >= 11 is 0. The molecule has 0 atom stereocenters. The maximum atomic E-state index is 12.9. The molecule has 2 amide bonds. The number of carbonyl (C=O) groups is 2. The quantitative estimate of drug-likeness (QED) is 0.551. The Morgan fingerprint density at radius 2 is 1.65 bits per heavy atom. The molecular weight excluding hydrogens is 452 g/mol. The van der Waals surface area contributed by atoms with E-state index in [0.29, 0.717) is 30.3 Å². The molecule has 1 fully saturated rings. The van der Waals surface area contributed by atoms with Gasteiger partial charge in [0.2, 0.25) is 0 Å². The van der Waals surface area contributed by atoms with E-state index < -0.39 is 18.6 Å². The summed E-state index contributed by atoms with van der Waals surface area (Å²) in [4.78, 5) is 25.4. The molecule has 0 aliphatic carbocycles. The van der Waals surface area contributed by atoms with Crippen LogP contribution in [-0.2, 0) is 4.79 Å². The van der Waals surface area contributed by atoms with Crippen LogP contribution in [0, 0.1) is 0 Å². The van der Waals surface area contributed by atoms with E-state index in [4.69, 9.17) is 4.74 Å². The zero-order valence-electron chi connectivity index (χ0n) is 17.8. The number of nitrogens with zero attached hydrogens (tertiary/aromatic N) is 1. The van der Waals surface area contributed by atoms with E-state index in [9.17, 15) is 27.2 Å². The fourth-order valence-electron chi connectivity index (χ4n) is 3.61. The molecule has 0 aromatic heterocycles. The molecule has 1 heterocycles. The van der Waals surface area contributed by atoms with Gasteiger partial charge < -0.3 is 15.0 Å². The highest BCUT2D eigenvalue weighted by atomic mass is 19.4. The van der Waals surface area contributed by atoms with E-state index in [-0.39, 0.29) is 31.8 Å². The van der Waals surface area contributed by atoms with Gasteiger partial charge in [0.05, 0.1) is 6.33 Å².